The van der Waals surface area contributed by atoms with E-state index in [1.807, 2.05) is 88.4 Å². The maximum atomic E-state index is 13.9. The Morgan fingerprint density at radius 1 is 1.00 bits per heavy atom. The van der Waals surface area contributed by atoms with Crippen molar-refractivity contribution in [3.63, 3.8) is 0 Å². The van der Waals surface area contributed by atoms with Gasteiger partial charge in [-0.2, -0.15) is 0 Å². The Morgan fingerprint density at radius 2 is 1.60 bits per heavy atom. The summed E-state index contributed by atoms with van der Waals surface area (Å²) in [5, 5.41) is 2.96. The van der Waals surface area contributed by atoms with Crippen LogP contribution in [-0.4, -0.2) is 30.8 Å². The highest BCUT2D eigenvalue weighted by molar-refractivity contribution is 7.61. The summed E-state index contributed by atoms with van der Waals surface area (Å²) in [6, 6.07) is 17.7. The Hall–Kier alpha value is -2.47. The highest BCUT2D eigenvalue weighted by Gasteiger charge is 2.39. The molecule has 0 aliphatic heterocycles. The third-order valence-electron chi connectivity index (χ3n) is 5.35. The molecule has 8 heteroatoms. The lowest BCUT2D eigenvalue weighted by atomic mass is 9.98. The second-order valence-corrected chi connectivity index (χ2v) is 12.3. The van der Waals surface area contributed by atoms with Gasteiger partial charge >= 0.3 is 11.9 Å². The number of benzene rings is 2. The molecule has 2 aromatic carbocycles. The first-order valence-electron chi connectivity index (χ1n) is 12.1. The molecule has 0 spiro atoms. The molecule has 0 saturated heterocycles. The Kier molecular flexibility index (Phi) is 11.2. The molecule has 0 fully saturated rings. The molecule has 2 aromatic rings. The Balaban J connectivity index is 2.28. The van der Waals surface area contributed by atoms with Gasteiger partial charge in [0, 0.05) is 6.04 Å². The molecular formula is C27H39N2O5P. The van der Waals surface area contributed by atoms with Gasteiger partial charge in [-0.15, -0.1) is 0 Å². The number of hydrogen-bond acceptors (Lipinski definition) is 5. The van der Waals surface area contributed by atoms with Gasteiger partial charge < -0.3 is 9.47 Å². The quantitative estimate of drug-likeness (QED) is 0.214. The Labute approximate surface area is 209 Å². The van der Waals surface area contributed by atoms with E-state index >= 15 is 0 Å². The van der Waals surface area contributed by atoms with Crippen LogP contribution in [0.5, 0.6) is 0 Å². The van der Waals surface area contributed by atoms with Crippen molar-refractivity contribution in [3.8, 4) is 0 Å². The van der Waals surface area contributed by atoms with Crippen molar-refractivity contribution in [1.82, 2.24) is 5.09 Å². The number of carbonyl (C=O) groups is 2. The van der Waals surface area contributed by atoms with Gasteiger partial charge in [0.1, 0.15) is 5.66 Å². The number of ether oxygens (including phenoxy) is 2. The molecule has 0 radical (unpaired) electrons. The average Bonchev–Trinajstić information content (AvgIpc) is 2.81. The van der Waals surface area contributed by atoms with Crippen LogP contribution in [0, 0.1) is 5.41 Å². The third kappa shape index (κ3) is 10.4. The van der Waals surface area contributed by atoms with Crippen LogP contribution in [-0.2, 0) is 30.0 Å². The summed E-state index contributed by atoms with van der Waals surface area (Å²) in [5.41, 5.74) is 6.62. The largest absolute Gasteiger partial charge is 0.465 e. The fourth-order valence-corrected chi connectivity index (χ4v) is 5.18. The molecule has 0 aliphatic rings. The van der Waals surface area contributed by atoms with Crippen LogP contribution in [0.1, 0.15) is 64.1 Å². The van der Waals surface area contributed by atoms with E-state index in [9.17, 15) is 14.2 Å². The van der Waals surface area contributed by atoms with Crippen LogP contribution in [0.2, 0.25) is 0 Å². The van der Waals surface area contributed by atoms with Crippen molar-refractivity contribution >= 4 is 19.4 Å². The smallest absolute Gasteiger partial charge is 0.319 e. The topological polar surface area (TPSA) is 108 Å². The summed E-state index contributed by atoms with van der Waals surface area (Å²) in [5.74, 6) is -1.05. The van der Waals surface area contributed by atoms with E-state index in [1.165, 1.54) is 0 Å². The molecule has 0 aliphatic carbocycles. The third-order valence-corrected chi connectivity index (χ3v) is 7.38. The minimum absolute atomic E-state index is 0.0791. The van der Waals surface area contributed by atoms with Crippen LogP contribution >= 0.6 is 7.44 Å². The molecule has 0 amide bonds. The highest BCUT2D eigenvalue weighted by Crippen LogP contribution is 2.44. The molecule has 3 N–H and O–H groups in total. The lowest BCUT2D eigenvalue weighted by Crippen LogP contribution is -2.37. The van der Waals surface area contributed by atoms with E-state index in [0.717, 1.165) is 17.5 Å². The predicted molar refractivity (Wildman–Crippen MR) is 139 cm³/mol. The second-order valence-electron chi connectivity index (χ2n) is 9.95. The van der Waals surface area contributed by atoms with Gasteiger partial charge in [-0.25, -0.2) is 5.09 Å². The SMILES string of the molecule is CCCCOC(=O)C(Cc1ccccc1)P(N)(=O)NC(CC(=O)OCC(C)(C)C)c1ccccc1. The molecule has 0 aromatic heterocycles. The van der Waals surface area contributed by atoms with Gasteiger partial charge in [0.15, 0.2) is 0 Å². The second kappa shape index (κ2) is 13.6. The number of unbranched alkanes of at least 4 members (excludes halogenated alkanes) is 1. The van der Waals surface area contributed by atoms with Crippen molar-refractivity contribution in [1.29, 1.82) is 0 Å². The van der Waals surface area contributed by atoms with Gasteiger partial charge in [0.2, 0.25) is 7.44 Å². The van der Waals surface area contributed by atoms with Gasteiger partial charge in [0.25, 0.3) is 0 Å². The minimum atomic E-state index is -3.83. The normalized spacial score (nSPS) is 15.0. The molecule has 7 nitrogen and oxygen atoms in total. The molecule has 3 unspecified atom stereocenters. The number of rotatable bonds is 13. The summed E-state index contributed by atoms with van der Waals surface area (Å²) < 4.78 is 24.8. The monoisotopic (exact) mass is 502 g/mol. The van der Waals surface area contributed by atoms with Gasteiger partial charge in [-0.05, 0) is 29.4 Å². The number of hydrogen-bond donors (Lipinski definition) is 2. The van der Waals surface area contributed by atoms with E-state index in [0.29, 0.717) is 6.42 Å². The summed E-state index contributed by atoms with van der Waals surface area (Å²) in [7, 11) is -3.83. The zero-order chi connectivity index (χ0) is 25.9. The van der Waals surface area contributed by atoms with Gasteiger partial charge in [-0.3, -0.25) is 19.7 Å². The Bertz CT molecular complexity index is 976. The number of esters is 2. The molecular weight excluding hydrogens is 463 g/mol. The van der Waals surface area contributed by atoms with Gasteiger partial charge in [0.05, 0.1) is 19.6 Å². The van der Waals surface area contributed by atoms with E-state index in [-0.39, 0.29) is 31.5 Å². The molecule has 3 atom stereocenters. The molecule has 35 heavy (non-hydrogen) atoms. The maximum absolute atomic E-state index is 13.9. The summed E-state index contributed by atoms with van der Waals surface area (Å²) >= 11 is 0. The van der Waals surface area contributed by atoms with Crippen molar-refractivity contribution in [2.24, 2.45) is 10.9 Å². The first-order valence-corrected chi connectivity index (χ1v) is 13.9. The minimum Gasteiger partial charge on any atom is -0.465 e. The van der Waals surface area contributed by atoms with Crippen LogP contribution in [0.3, 0.4) is 0 Å². The van der Waals surface area contributed by atoms with Crippen molar-refractivity contribution in [2.45, 2.75) is 65.1 Å². The zero-order valence-corrected chi connectivity index (χ0v) is 22.1. The van der Waals surface area contributed by atoms with Crippen LogP contribution in [0.15, 0.2) is 60.7 Å². The first-order chi connectivity index (χ1) is 16.5. The molecule has 0 bridgehead atoms. The molecule has 0 heterocycles. The maximum Gasteiger partial charge on any atom is 0.319 e. The standard InChI is InChI=1S/C27H39N2O5P/c1-5-6-17-33-26(31)24(18-21-13-9-7-10-14-21)35(28,32)29-23(22-15-11-8-12-16-22)19-25(30)34-20-27(2,3)4/h7-16,23-24H,5-6,17-20H2,1-4H3,(H3,28,29,32). The van der Waals surface area contributed by atoms with E-state index in [1.54, 1.807) is 0 Å². The lowest BCUT2D eigenvalue weighted by molar-refractivity contribution is -0.147. The van der Waals surface area contributed by atoms with Crippen molar-refractivity contribution < 1.29 is 23.6 Å². The van der Waals surface area contributed by atoms with Crippen LogP contribution in [0.25, 0.3) is 0 Å². The van der Waals surface area contributed by atoms with Crippen molar-refractivity contribution in [2.75, 3.05) is 13.2 Å². The van der Waals surface area contributed by atoms with Crippen LogP contribution in [0.4, 0.5) is 0 Å². The average molecular weight is 503 g/mol. The van der Waals surface area contributed by atoms with Crippen LogP contribution < -0.4 is 10.6 Å². The first kappa shape index (κ1) is 28.8. The van der Waals surface area contributed by atoms with E-state index in [4.69, 9.17) is 15.0 Å². The summed E-state index contributed by atoms with van der Waals surface area (Å²) in [4.78, 5) is 25.7. The summed E-state index contributed by atoms with van der Waals surface area (Å²) in [6.45, 7) is 8.41. The fraction of sp³-hybridized carbons (Fsp3) is 0.481. The lowest BCUT2D eigenvalue weighted by Gasteiger charge is -2.28. The summed E-state index contributed by atoms with van der Waals surface area (Å²) in [6.07, 6.45) is 1.65. The number of carbonyl (C=O) groups excluding carboxylic acids is 2. The predicted octanol–water partition coefficient (Wildman–Crippen LogP) is 5.40. The fourth-order valence-electron chi connectivity index (χ4n) is 3.41. The van der Waals surface area contributed by atoms with E-state index < -0.39 is 31.1 Å². The molecule has 2 rings (SSSR count). The Morgan fingerprint density at radius 3 is 2.17 bits per heavy atom. The molecule has 192 valence electrons. The van der Waals surface area contributed by atoms with Crippen molar-refractivity contribution in [3.05, 3.63) is 71.8 Å². The zero-order valence-electron chi connectivity index (χ0n) is 21.2. The number of nitrogens with one attached hydrogen (secondary N) is 1. The highest BCUT2D eigenvalue weighted by atomic mass is 31.2. The molecule has 0 saturated carbocycles. The van der Waals surface area contributed by atoms with Gasteiger partial charge in [-0.1, -0.05) is 94.8 Å². The number of nitrogens with two attached hydrogens (primary N) is 1. The van der Waals surface area contributed by atoms with E-state index in [2.05, 4.69) is 5.09 Å².